The standard InChI is InChI=1S/C17H12N2O2/c1-13(15-4-8-17(9-5-15)19-12-21)10-14-2-6-16(7-3-14)18-11-20/h2-10H,1H3. The fourth-order valence-corrected chi connectivity index (χ4v) is 1.88. The normalized spacial score (nSPS) is 10.4. The average molecular weight is 276 g/mol. The lowest BCUT2D eigenvalue weighted by atomic mass is 10.0. The molecule has 0 aliphatic rings. The van der Waals surface area contributed by atoms with Gasteiger partial charge in [0.25, 0.3) is 0 Å². The molecule has 0 spiro atoms. The van der Waals surface area contributed by atoms with Crippen molar-refractivity contribution in [3.05, 3.63) is 59.7 Å². The van der Waals surface area contributed by atoms with E-state index in [1.54, 1.807) is 24.3 Å². The Balaban J connectivity index is 2.23. The molecule has 2 aromatic rings. The zero-order chi connectivity index (χ0) is 15.1. The van der Waals surface area contributed by atoms with Crippen LogP contribution in [0.3, 0.4) is 0 Å². The Morgan fingerprint density at radius 1 is 0.857 bits per heavy atom. The van der Waals surface area contributed by atoms with E-state index in [9.17, 15) is 9.59 Å². The highest BCUT2D eigenvalue weighted by Gasteiger charge is 1.97. The molecule has 4 nitrogen and oxygen atoms in total. The molecule has 2 aromatic carbocycles. The Kier molecular flexibility index (Phi) is 4.73. The second-order valence-electron chi connectivity index (χ2n) is 4.37. The van der Waals surface area contributed by atoms with Crippen molar-refractivity contribution in [3.8, 4) is 0 Å². The summed E-state index contributed by atoms with van der Waals surface area (Å²) >= 11 is 0. The maximum atomic E-state index is 10.2. The van der Waals surface area contributed by atoms with Gasteiger partial charge in [0, 0.05) is 0 Å². The van der Waals surface area contributed by atoms with Crippen LogP contribution in [0, 0.1) is 0 Å². The van der Waals surface area contributed by atoms with Crippen molar-refractivity contribution in [1.82, 2.24) is 0 Å². The van der Waals surface area contributed by atoms with Gasteiger partial charge >= 0.3 is 0 Å². The lowest BCUT2D eigenvalue weighted by Gasteiger charge is -2.02. The number of allylic oxidation sites excluding steroid dienone is 1. The minimum atomic E-state index is 0.580. The van der Waals surface area contributed by atoms with E-state index in [0.717, 1.165) is 16.7 Å². The molecule has 0 unspecified atom stereocenters. The topological polar surface area (TPSA) is 58.9 Å². The first-order chi connectivity index (χ1) is 10.2. The van der Waals surface area contributed by atoms with Crippen molar-refractivity contribution >= 4 is 35.2 Å². The van der Waals surface area contributed by atoms with E-state index in [-0.39, 0.29) is 0 Å². The van der Waals surface area contributed by atoms with Gasteiger partial charge in [0.05, 0.1) is 11.4 Å². The molecular formula is C17H12N2O2. The second kappa shape index (κ2) is 6.92. The molecule has 21 heavy (non-hydrogen) atoms. The number of rotatable bonds is 4. The van der Waals surface area contributed by atoms with E-state index in [4.69, 9.17) is 0 Å². The van der Waals surface area contributed by atoms with Gasteiger partial charge in [0.2, 0.25) is 12.2 Å². The van der Waals surface area contributed by atoms with E-state index in [2.05, 4.69) is 9.98 Å². The summed E-state index contributed by atoms with van der Waals surface area (Å²) in [5.74, 6) is 0. The Labute approximate surface area is 122 Å². The van der Waals surface area contributed by atoms with Gasteiger partial charge in [-0.15, -0.1) is 0 Å². The number of hydrogen-bond donors (Lipinski definition) is 0. The van der Waals surface area contributed by atoms with Crippen LogP contribution < -0.4 is 0 Å². The number of aliphatic imine (C=N–C) groups is 2. The molecule has 102 valence electrons. The van der Waals surface area contributed by atoms with Gasteiger partial charge in [-0.3, -0.25) is 0 Å². The summed E-state index contributed by atoms with van der Waals surface area (Å²) in [6.07, 6.45) is 5.04. The smallest absolute Gasteiger partial charge is 0.211 e. The van der Waals surface area contributed by atoms with Crippen LogP contribution in [0.4, 0.5) is 11.4 Å². The van der Waals surface area contributed by atoms with Crippen molar-refractivity contribution in [1.29, 1.82) is 0 Å². The van der Waals surface area contributed by atoms with Gasteiger partial charge in [-0.25, -0.2) is 9.59 Å². The van der Waals surface area contributed by atoms with E-state index in [1.807, 2.05) is 37.3 Å². The minimum Gasteiger partial charge on any atom is -0.211 e. The van der Waals surface area contributed by atoms with Gasteiger partial charge < -0.3 is 0 Å². The molecule has 0 saturated carbocycles. The molecule has 0 fully saturated rings. The SMILES string of the molecule is CC(=Cc1ccc(N=C=O)cc1)c1ccc(N=C=O)cc1. The number of isocyanates is 2. The Hall–Kier alpha value is -3.06. The molecule has 0 atom stereocenters. The molecule has 2 rings (SSSR count). The van der Waals surface area contributed by atoms with Crippen LogP contribution in [0.2, 0.25) is 0 Å². The molecule has 0 saturated heterocycles. The highest BCUT2D eigenvalue weighted by atomic mass is 16.1. The lowest BCUT2D eigenvalue weighted by molar-refractivity contribution is 0.564. The van der Waals surface area contributed by atoms with Crippen LogP contribution in [0.25, 0.3) is 11.6 Å². The third-order valence-electron chi connectivity index (χ3n) is 2.95. The van der Waals surface area contributed by atoms with E-state index in [1.165, 1.54) is 12.2 Å². The highest BCUT2D eigenvalue weighted by molar-refractivity contribution is 5.80. The van der Waals surface area contributed by atoms with Crippen molar-refractivity contribution in [2.24, 2.45) is 9.98 Å². The van der Waals surface area contributed by atoms with E-state index >= 15 is 0 Å². The van der Waals surface area contributed by atoms with Crippen LogP contribution in [0.1, 0.15) is 18.1 Å². The molecule has 0 aliphatic heterocycles. The summed E-state index contributed by atoms with van der Waals surface area (Å²) in [7, 11) is 0. The largest absolute Gasteiger partial charge is 0.240 e. The first-order valence-electron chi connectivity index (χ1n) is 6.27. The molecule has 0 radical (unpaired) electrons. The summed E-state index contributed by atoms with van der Waals surface area (Å²) in [5.41, 5.74) is 4.28. The third kappa shape index (κ3) is 3.95. The first-order valence-corrected chi connectivity index (χ1v) is 6.27. The van der Waals surface area contributed by atoms with Crippen molar-refractivity contribution in [2.45, 2.75) is 6.92 Å². The van der Waals surface area contributed by atoms with E-state index in [0.29, 0.717) is 11.4 Å². The summed E-state index contributed by atoms with van der Waals surface area (Å²) in [6.45, 7) is 2.00. The van der Waals surface area contributed by atoms with Gasteiger partial charge in [0.1, 0.15) is 0 Å². The molecule has 0 aromatic heterocycles. The Morgan fingerprint density at radius 3 is 1.81 bits per heavy atom. The quantitative estimate of drug-likeness (QED) is 0.477. The Bertz CT molecular complexity index is 746. The molecule has 0 bridgehead atoms. The highest BCUT2D eigenvalue weighted by Crippen LogP contribution is 2.22. The molecule has 0 aliphatic carbocycles. The fourth-order valence-electron chi connectivity index (χ4n) is 1.88. The first kappa shape index (κ1) is 14.4. The zero-order valence-corrected chi connectivity index (χ0v) is 11.4. The second-order valence-corrected chi connectivity index (χ2v) is 4.37. The Morgan fingerprint density at radius 2 is 1.33 bits per heavy atom. The molecular weight excluding hydrogens is 264 g/mol. The maximum Gasteiger partial charge on any atom is 0.240 e. The van der Waals surface area contributed by atoms with E-state index < -0.39 is 0 Å². The predicted molar refractivity (Wildman–Crippen MR) is 82.0 cm³/mol. The summed E-state index contributed by atoms with van der Waals surface area (Å²) < 4.78 is 0. The van der Waals surface area contributed by atoms with Crippen LogP contribution in [-0.2, 0) is 9.59 Å². The van der Waals surface area contributed by atoms with Crippen molar-refractivity contribution in [3.63, 3.8) is 0 Å². The summed E-state index contributed by atoms with van der Waals surface area (Å²) in [6, 6.07) is 14.6. The predicted octanol–water partition coefficient (Wildman–Crippen LogP) is 4.18. The summed E-state index contributed by atoms with van der Waals surface area (Å²) in [4.78, 5) is 27.4. The lowest BCUT2D eigenvalue weighted by Crippen LogP contribution is -1.79. The fraction of sp³-hybridized carbons (Fsp3) is 0.0588. The van der Waals surface area contributed by atoms with Gasteiger partial charge in [-0.05, 0) is 47.9 Å². The molecule has 0 heterocycles. The molecule has 0 amide bonds. The third-order valence-corrected chi connectivity index (χ3v) is 2.95. The van der Waals surface area contributed by atoms with Crippen LogP contribution >= 0.6 is 0 Å². The zero-order valence-electron chi connectivity index (χ0n) is 11.4. The number of nitrogens with zero attached hydrogens (tertiary/aromatic N) is 2. The van der Waals surface area contributed by atoms with Crippen LogP contribution in [0.15, 0.2) is 58.5 Å². The van der Waals surface area contributed by atoms with Crippen molar-refractivity contribution in [2.75, 3.05) is 0 Å². The average Bonchev–Trinajstić information content (AvgIpc) is 2.50. The van der Waals surface area contributed by atoms with Gasteiger partial charge in [-0.1, -0.05) is 30.3 Å². The number of benzene rings is 2. The minimum absolute atomic E-state index is 0.580. The van der Waals surface area contributed by atoms with Gasteiger partial charge in [-0.2, -0.15) is 9.98 Å². The van der Waals surface area contributed by atoms with Gasteiger partial charge in [0.15, 0.2) is 0 Å². The van der Waals surface area contributed by atoms with Crippen LogP contribution in [0.5, 0.6) is 0 Å². The number of carbonyl (C=O) groups excluding carboxylic acids is 2. The maximum absolute atomic E-state index is 10.2. The van der Waals surface area contributed by atoms with Crippen LogP contribution in [-0.4, -0.2) is 12.2 Å². The molecule has 4 heteroatoms. The monoisotopic (exact) mass is 276 g/mol. The van der Waals surface area contributed by atoms with Crippen molar-refractivity contribution < 1.29 is 9.59 Å². The summed E-state index contributed by atoms with van der Waals surface area (Å²) in [5, 5.41) is 0. The molecule has 0 N–H and O–H groups in total. The number of hydrogen-bond acceptors (Lipinski definition) is 4.